The van der Waals surface area contributed by atoms with E-state index in [1.807, 2.05) is 0 Å². The van der Waals surface area contributed by atoms with E-state index in [1.54, 1.807) is 0 Å². The maximum atomic E-state index is 12.3. The summed E-state index contributed by atoms with van der Waals surface area (Å²) in [5, 5.41) is 14.6. The van der Waals surface area contributed by atoms with E-state index in [4.69, 9.17) is 9.84 Å². The molecule has 0 bridgehead atoms. The summed E-state index contributed by atoms with van der Waals surface area (Å²) in [6.07, 6.45) is -3.15. The standard InChI is InChI=1S/C11H16F3N3O3/c1-20-7-8(3-5-18)15-10(19)6-17-4-2-9(16-17)11(12,13)14/h2,4,8,18H,3,5-7H2,1H3,(H,15,19). The second-order valence-corrected chi connectivity index (χ2v) is 4.13. The first-order valence-electron chi connectivity index (χ1n) is 5.86. The predicted octanol–water partition coefficient (Wildman–Crippen LogP) is 0.416. The van der Waals surface area contributed by atoms with E-state index in [2.05, 4.69) is 10.4 Å². The molecule has 2 N–H and O–H groups in total. The summed E-state index contributed by atoms with van der Waals surface area (Å²) < 4.78 is 42.7. The lowest BCUT2D eigenvalue weighted by atomic mass is 10.2. The van der Waals surface area contributed by atoms with Crippen LogP contribution in [0.4, 0.5) is 13.2 Å². The van der Waals surface area contributed by atoms with E-state index < -0.39 is 23.8 Å². The zero-order valence-electron chi connectivity index (χ0n) is 10.9. The van der Waals surface area contributed by atoms with Crippen LogP contribution < -0.4 is 5.32 Å². The minimum Gasteiger partial charge on any atom is -0.396 e. The van der Waals surface area contributed by atoms with E-state index in [1.165, 1.54) is 7.11 Å². The molecule has 9 heteroatoms. The number of rotatable bonds is 7. The highest BCUT2D eigenvalue weighted by Crippen LogP contribution is 2.27. The summed E-state index contributed by atoms with van der Waals surface area (Å²) in [6, 6.07) is 0.406. The Balaban J connectivity index is 2.55. The third-order valence-corrected chi connectivity index (χ3v) is 2.45. The normalized spacial score (nSPS) is 13.2. The highest BCUT2D eigenvalue weighted by molar-refractivity contribution is 5.75. The Kier molecular flexibility index (Phi) is 5.96. The van der Waals surface area contributed by atoms with E-state index >= 15 is 0 Å². The zero-order valence-corrected chi connectivity index (χ0v) is 10.9. The van der Waals surface area contributed by atoms with E-state index in [0.717, 1.165) is 16.9 Å². The number of halogens is 3. The summed E-state index contributed by atoms with van der Waals surface area (Å²) in [6.45, 7) is -0.255. The van der Waals surface area contributed by atoms with Gasteiger partial charge in [0, 0.05) is 19.9 Å². The first-order chi connectivity index (χ1) is 9.36. The molecule has 1 unspecified atom stereocenters. The zero-order chi connectivity index (χ0) is 15.2. The summed E-state index contributed by atoms with van der Waals surface area (Å²) in [5.74, 6) is -0.502. The van der Waals surface area contributed by atoms with E-state index in [9.17, 15) is 18.0 Å². The van der Waals surface area contributed by atoms with Crippen LogP contribution in [-0.2, 0) is 22.3 Å². The summed E-state index contributed by atoms with van der Waals surface area (Å²) in [5.41, 5.74) is -1.05. The van der Waals surface area contributed by atoms with Crippen LogP contribution in [0.2, 0.25) is 0 Å². The summed E-state index contributed by atoms with van der Waals surface area (Å²) >= 11 is 0. The lowest BCUT2D eigenvalue weighted by Crippen LogP contribution is -2.40. The van der Waals surface area contributed by atoms with Gasteiger partial charge in [0.25, 0.3) is 0 Å². The molecule has 0 aliphatic rings. The molecule has 0 spiro atoms. The van der Waals surface area contributed by atoms with Gasteiger partial charge in [-0.2, -0.15) is 18.3 Å². The van der Waals surface area contributed by atoms with Gasteiger partial charge in [0.2, 0.25) is 5.91 Å². The second-order valence-electron chi connectivity index (χ2n) is 4.13. The first-order valence-corrected chi connectivity index (χ1v) is 5.86. The fourth-order valence-electron chi connectivity index (χ4n) is 1.58. The average molecular weight is 295 g/mol. The number of aliphatic hydroxyl groups is 1. The van der Waals surface area contributed by atoms with Crippen LogP contribution in [0.3, 0.4) is 0 Å². The number of carbonyl (C=O) groups is 1. The molecule has 1 heterocycles. The maximum absolute atomic E-state index is 12.3. The molecule has 0 aliphatic heterocycles. The maximum Gasteiger partial charge on any atom is 0.435 e. The van der Waals surface area contributed by atoms with Crippen LogP contribution in [0.15, 0.2) is 12.3 Å². The van der Waals surface area contributed by atoms with Crippen LogP contribution in [0, 0.1) is 0 Å². The first kappa shape index (κ1) is 16.4. The van der Waals surface area contributed by atoms with Gasteiger partial charge in [-0.05, 0) is 12.5 Å². The van der Waals surface area contributed by atoms with Gasteiger partial charge < -0.3 is 15.2 Å². The van der Waals surface area contributed by atoms with Crippen molar-refractivity contribution < 1.29 is 27.8 Å². The third kappa shape index (κ3) is 5.17. The minimum atomic E-state index is -4.53. The molecule has 1 rings (SSSR count). The average Bonchev–Trinajstić information content (AvgIpc) is 2.77. The largest absolute Gasteiger partial charge is 0.435 e. The fraction of sp³-hybridized carbons (Fsp3) is 0.636. The van der Waals surface area contributed by atoms with E-state index in [-0.39, 0.29) is 19.8 Å². The molecule has 1 aromatic rings. The van der Waals surface area contributed by atoms with Gasteiger partial charge >= 0.3 is 6.18 Å². The van der Waals surface area contributed by atoms with Gasteiger partial charge in [-0.25, -0.2) is 0 Å². The lowest BCUT2D eigenvalue weighted by Gasteiger charge is -2.16. The molecular weight excluding hydrogens is 279 g/mol. The van der Waals surface area contributed by atoms with Gasteiger partial charge in [0.1, 0.15) is 6.54 Å². The number of hydrogen-bond acceptors (Lipinski definition) is 4. The van der Waals surface area contributed by atoms with Crippen molar-refractivity contribution in [2.24, 2.45) is 0 Å². The number of methoxy groups -OCH3 is 1. The molecule has 0 aromatic carbocycles. The van der Waals surface area contributed by atoms with Crippen molar-refractivity contribution in [3.05, 3.63) is 18.0 Å². The number of ether oxygens (including phenoxy) is 1. The number of alkyl halides is 3. The second kappa shape index (κ2) is 7.25. The molecular formula is C11H16F3N3O3. The van der Waals surface area contributed by atoms with Crippen molar-refractivity contribution in [1.82, 2.24) is 15.1 Å². The van der Waals surface area contributed by atoms with Crippen LogP contribution in [-0.4, -0.2) is 47.2 Å². The predicted molar refractivity (Wildman–Crippen MR) is 62.7 cm³/mol. The molecule has 1 aromatic heterocycles. The monoisotopic (exact) mass is 295 g/mol. The molecule has 0 aliphatic carbocycles. The van der Waals surface area contributed by atoms with Crippen molar-refractivity contribution in [2.75, 3.05) is 20.3 Å². The molecule has 1 amide bonds. The minimum absolute atomic E-state index is 0.131. The Bertz CT molecular complexity index is 428. The highest BCUT2D eigenvalue weighted by atomic mass is 19.4. The molecule has 0 saturated carbocycles. The molecule has 0 fully saturated rings. The molecule has 0 saturated heterocycles. The summed E-state index contributed by atoms with van der Waals surface area (Å²) in [7, 11) is 1.44. The quantitative estimate of drug-likeness (QED) is 0.764. The molecule has 1 atom stereocenters. The van der Waals surface area contributed by atoms with Crippen molar-refractivity contribution >= 4 is 5.91 Å². The van der Waals surface area contributed by atoms with Gasteiger partial charge in [0.15, 0.2) is 5.69 Å². The topological polar surface area (TPSA) is 76.4 Å². The fourth-order valence-corrected chi connectivity index (χ4v) is 1.58. The third-order valence-electron chi connectivity index (χ3n) is 2.45. The van der Waals surface area contributed by atoms with Crippen LogP contribution in [0.1, 0.15) is 12.1 Å². The Morgan fingerprint density at radius 1 is 1.60 bits per heavy atom. The smallest absolute Gasteiger partial charge is 0.396 e. The molecule has 6 nitrogen and oxygen atoms in total. The van der Waals surface area contributed by atoms with Crippen molar-refractivity contribution in [3.63, 3.8) is 0 Å². The number of aliphatic hydroxyl groups excluding tert-OH is 1. The van der Waals surface area contributed by atoms with Crippen molar-refractivity contribution in [1.29, 1.82) is 0 Å². The summed E-state index contributed by atoms with van der Waals surface area (Å²) in [4.78, 5) is 11.6. The van der Waals surface area contributed by atoms with Crippen molar-refractivity contribution in [3.8, 4) is 0 Å². The highest BCUT2D eigenvalue weighted by Gasteiger charge is 2.33. The van der Waals surface area contributed by atoms with Crippen LogP contribution in [0.25, 0.3) is 0 Å². The Labute approximate surface area is 113 Å². The lowest BCUT2D eigenvalue weighted by molar-refractivity contribution is -0.141. The molecule has 0 radical (unpaired) electrons. The van der Waals surface area contributed by atoms with Crippen molar-refractivity contribution in [2.45, 2.75) is 25.2 Å². The number of amides is 1. The Morgan fingerprint density at radius 2 is 2.30 bits per heavy atom. The van der Waals surface area contributed by atoms with Gasteiger partial charge in [-0.15, -0.1) is 0 Å². The van der Waals surface area contributed by atoms with Gasteiger partial charge in [-0.3, -0.25) is 9.48 Å². The number of hydrogen-bond donors (Lipinski definition) is 2. The van der Waals surface area contributed by atoms with Crippen LogP contribution in [0.5, 0.6) is 0 Å². The van der Waals surface area contributed by atoms with E-state index in [0.29, 0.717) is 6.42 Å². The molecule has 20 heavy (non-hydrogen) atoms. The number of nitrogens with zero attached hydrogens (tertiary/aromatic N) is 2. The van der Waals surface area contributed by atoms with Gasteiger partial charge in [-0.1, -0.05) is 0 Å². The number of aromatic nitrogens is 2. The SMILES string of the molecule is COCC(CCO)NC(=O)Cn1ccc(C(F)(F)F)n1. The Morgan fingerprint density at radius 3 is 2.80 bits per heavy atom. The number of nitrogens with one attached hydrogen (secondary N) is 1. The Hall–Kier alpha value is -1.61. The van der Waals surface area contributed by atoms with Gasteiger partial charge in [0.05, 0.1) is 12.6 Å². The van der Waals surface area contributed by atoms with Crippen LogP contribution >= 0.6 is 0 Å². The number of carbonyl (C=O) groups excluding carboxylic acids is 1. The molecule has 114 valence electrons.